The topological polar surface area (TPSA) is 69.2 Å². The summed E-state index contributed by atoms with van der Waals surface area (Å²) in [4.78, 5) is 21.3. The summed E-state index contributed by atoms with van der Waals surface area (Å²) >= 11 is 3.06. The number of carbonyl (C=O) groups is 2. The summed E-state index contributed by atoms with van der Waals surface area (Å²) in [6.45, 7) is 1.35. The fourth-order valence-corrected chi connectivity index (χ4v) is 1.37. The zero-order valence-corrected chi connectivity index (χ0v) is 8.92. The molecular formula is C9H7BrNO3-. The summed E-state index contributed by atoms with van der Waals surface area (Å²) in [5, 5.41) is 13.1. The molecule has 4 nitrogen and oxygen atoms in total. The minimum atomic E-state index is -1.29. The largest absolute Gasteiger partial charge is 0.545 e. The van der Waals surface area contributed by atoms with Crippen LogP contribution in [0.1, 0.15) is 17.3 Å². The molecule has 1 aromatic carbocycles. The van der Waals surface area contributed by atoms with Crippen LogP contribution in [0.4, 0.5) is 5.69 Å². The Morgan fingerprint density at radius 2 is 2.07 bits per heavy atom. The molecule has 0 heterocycles. The lowest BCUT2D eigenvalue weighted by Crippen LogP contribution is -2.23. The van der Waals surface area contributed by atoms with Gasteiger partial charge < -0.3 is 15.2 Å². The SMILES string of the molecule is CC(=O)Nc1ccc(Br)c(C(=O)[O-])c1. The normalized spacial score (nSPS) is 9.57. The van der Waals surface area contributed by atoms with Crippen molar-refractivity contribution in [3.63, 3.8) is 0 Å². The summed E-state index contributed by atoms with van der Waals surface area (Å²) in [6.07, 6.45) is 0. The Bertz CT molecular complexity index is 390. The number of hydrogen-bond donors (Lipinski definition) is 1. The highest BCUT2D eigenvalue weighted by molar-refractivity contribution is 9.10. The van der Waals surface area contributed by atoms with E-state index in [2.05, 4.69) is 21.2 Å². The molecular weight excluding hydrogens is 250 g/mol. The summed E-state index contributed by atoms with van der Waals surface area (Å²) in [5.41, 5.74) is 0.441. The molecule has 1 aromatic rings. The van der Waals surface area contributed by atoms with Crippen molar-refractivity contribution in [1.82, 2.24) is 0 Å². The first-order valence-electron chi connectivity index (χ1n) is 3.79. The molecule has 0 saturated heterocycles. The second-order valence-electron chi connectivity index (χ2n) is 2.66. The Morgan fingerprint density at radius 3 is 2.57 bits per heavy atom. The second kappa shape index (κ2) is 4.23. The molecule has 5 heteroatoms. The molecule has 0 aliphatic rings. The molecule has 0 aromatic heterocycles. The van der Waals surface area contributed by atoms with Gasteiger partial charge in [0.15, 0.2) is 0 Å². The zero-order chi connectivity index (χ0) is 10.7. The van der Waals surface area contributed by atoms with Gasteiger partial charge in [0.25, 0.3) is 0 Å². The maximum Gasteiger partial charge on any atom is 0.221 e. The van der Waals surface area contributed by atoms with Crippen molar-refractivity contribution in [2.75, 3.05) is 5.32 Å². The smallest absolute Gasteiger partial charge is 0.221 e. The van der Waals surface area contributed by atoms with E-state index in [4.69, 9.17) is 0 Å². The Labute approximate surface area is 89.1 Å². The molecule has 0 spiro atoms. The Morgan fingerprint density at radius 1 is 1.43 bits per heavy atom. The Kier molecular flexibility index (Phi) is 3.24. The lowest BCUT2D eigenvalue weighted by atomic mass is 10.2. The first-order valence-corrected chi connectivity index (χ1v) is 4.58. The molecule has 14 heavy (non-hydrogen) atoms. The van der Waals surface area contributed by atoms with E-state index in [1.165, 1.54) is 19.1 Å². The van der Waals surface area contributed by atoms with Crippen molar-refractivity contribution in [1.29, 1.82) is 0 Å². The van der Waals surface area contributed by atoms with Crippen LogP contribution in [0, 0.1) is 0 Å². The summed E-state index contributed by atoms with van der Waals surface area (Å²) < 4.78 is 0.423. The number of carboxylic acid groups (broad SMARTS) is 1. The molecule has 0 aliphatic heterocycles. The van der Waals surface area contributed by atoms with Gasteiger partial charge in [-0.3, -0.25) is 4.79 Å². The van der Waals surface area contributed by atoms with Gasteiger partial charge in [0, 0.05) is 22.6 Å². The van der Waals surface area contributed by atoms with Crippen LogP contribution in [0.3, 0.4) is 0 Å². The van der Waals surface area contributed by atoms with Crippen molar-refractivity contribution < 1.29 is 14.7 Å². The van der Waals surface area contributed by atoms with E-state index in [0.29, 0.717) is 10.2 Å². The molecule has 0 bridgehead atoms. The number of anilines is 1. The molecule has 1 N–H and O–H groups in total. The first kappa shape index (κ1) is 10.7. The van der Waals surface area contributed by atoms with Crippen molar-refractivity contribution in [2.45, 2.75) is 6.92 Å². The highest BCUT2D eigenvalue weighted by atomic mass is 79.9. The summed E-state index contributed by atoms with van der Waals surface area (Å²) in [5.74, 6) is -1.54. The first-order chi connectivity index (χ1) is 6.50. The minimum Gasteiger partial charge on any atom is -0.545 e. The van der Waals surface area contributed by atoms with Gasteiger partial charge in [0.05, 0.1) is 5.97 Å². The van der Waals surface area contributed by atoms with E-state index < -0.39 is 5.97 Å². The third-order valence-electron chi connectivity index (χ3n) is 1.51. The number of aromatic carboxylic acids is 1. The molecule has 0 radical (unpaired) electrons. The molecule has 1 rings (SSSR count). The third-order valence-corrected chi connectivity index (χ3v) is 2.20. The van der Waals surface area contributed by atoms with E-state index in [-0.39, 0.29) is 11.5 Å². The van der Waals surface area contributed by atoms with Gasteiger partial charge in [-0.05, 0) is 18.2 Å². The minimum absolute atomic E-state index is 0.0104. The average molecular weight is 257 g/mol. The summed E-state index contributed by atoms with van der Waals surface area (Å²) in [7, 11) is 0. The van der Waals surface area contributed by atoms with Gasteiger partial charge in [-0.25, -0.2) is 0 Å². The predicted octanol–water partition coefficient (Wildman–Crippen LogP) is 0.771. The van der Waals surface area contributed by atoms with Gasteiger partial charge in [-0.1, -0.05) is 15.9 Å². The van der Waals surface area contributed by atoms with Gasteiger partial charge in [0.2, 0.25) is 5.91 Å². The van der Waals surface area contributed by atoms with E-state index in [1.54, 1.807) is 6.07 Å². The maximum absolute atomic E-state index is 10.7. The van der Waals surface area contributed by atoms with E-state index in [0.717, 1.165) is 0 Å². The van der Waals surface area contributed by atoms with Crippen molar-refractivity contribution in [3.05, 3.63) is 28.2 Å². The number of nitrogens with one attached hydrogen (secondary N) is 1. The monoisotopic (exact) mass is 256 g/mol. The van der Waals surface area contributed by atoms with Crippen LogP contribution < -0.4 is 10.4 Å². The second-order valence-corrected chi connectivity index (χ2v) is 3.52. The predicted molar refractivity (Wildman–Crippen MR) is 52.8 cm³/mol. The van der Waals surface area contributed by atoms with Crippen molar-refractivity contribution in [3.8, 4) is 0 Å². The molecule has 0 atom stereocenters. The number of halogens is 1. The van der Waals surface area contributed by atoms with E-state index in [9.17, 15) is 14.7 Å². The average Bonchev–Trinajstić information content (AvgIpc) is 2.07. The Hall–Kier alpha value is -1.36. The third kappa shape index (κ3) is 2.56. The highest BCUT2D eigenvalue weighted by Crippen LogP contribution is 2.20. The zero-order valence-electron chi connectivity index (χ0n) is 7.33. The maximum atomic E-state index is 10.7. The lowest BCUT2D eigenvalue weighted by molar-refractivity contribution is -0.255. The molecule has 1 amide bonds. The molecule has 0 saturated carbocycles. The summed E-state index contributed by atoms with van der Waals surface area (Å²) in [6, 6.07) is 4.47. The van der Waals surface area contributed by atoms with Crippen LogP contribution in [0.2, 0.25) is 0 Å². The van der Waals surface area contributed by atoms with E-state index in [1.807, 2.05) is 0 Å². The van der Waals surface area contributed by atoms with E-state index >= 15 is 0 Å². The van der Waals surface area contributed by atoms with Crippen LogP contribution in [-0.2, 0) is 4.79 Å². The van der Waals surface area contributed by atoms with Crippen LogP contribution >= 0.6 is 15.9 Å². The molecule has 0 unspecified atom stereocenters. The van der Waals surface area contributed by atoms with Gasteiger partial charge in [-0.2, -0.15) is 0 Å². The van der Waals surface area contributed by atoms with Gasteiger partial charge in [-0.15, -0.1) is 0 Å². The molecule has 74 valence electrons. The highest BCUT2D eigenvalue weighted by Gasteiger charge is 2.03. The Balaban J connectivity index is 3.06. The van der Waals surface area contributed by atoms with Crippen molar-refractivity contribution in [2.24, 2.45) is 0 Å². The number of benzene rings is 1. The van der Waals surface area contributed by atoms with Crippen LogP contribution in [0.25, 0.3) is 0 Å². The van der Waals surface area contributed by atoms with Gasteiger partial charge >= 0.3 is 0 Å². The number of carbonyl (C=O) groups excluding carboxylic acids is 2. The van der Waals surface area contributed by atoms with Crippen LogP contribution in [-0.4, -0.2) is 11.9 Å². The number of rotatable bonds is 2. The van der Waals surface area contributed by atoms with Crippen molar-refractivity contribution >= 4 is 33.5 Å². The van der Waals surface area contributed by atoms with Gasteiger partial charge in [0.1, 0.15) is 0 Å². The van der Waals surface area contributed by atoms with Crippen LogP contribution in [0.5, 0.6) is 0 Å². The quantitative estimate of drug-likeness (QED) is 0.850. The standard InChI is InChI=1S/C9H8BrNO3/c1-5(12)11-6-2-3-8(10)7(4-6)9(13)14/h2-4H,1H3,(H,11,12)(H,13,14)/p-1. The number of hydrogen-bond acceptors (Lipinski definition) is 3. The lowest BCUT2D eigenvalue weighted by Gasteiger charge is -2.08. The number of amides is 1. The van der Waals surface area contributed by atoms with Crippen LogP contribution in [0.15, 0.2) is 22.7 Å². The molecule has 0 fully saturated rings. The number of carboxylic acids is 1. The fraction of sp³-hybridized carbons (Fsp3) is 0.111. The molecule has 0 aliphatic carbocycles. The fourth-order valence-electron chi connectivity index (χ4n) is 0.963.